The molecule has 0 saturated carbocycles. The van der Waals surface area contributed by atoms with E-state index < -0.39 is 30.6 Å². The monoisotopic (exact) mass is 433 g/mol. The molecular weight excluding hydrogens is 408 g/mol. The van der Waals surface area contributed by atoms with Gasteiger partial charge in [0.15, 0.2) is 0 Å². The molecule has 0 aliphatic rings. The predicted molar refractivity (Wildman–Crippen MR) is 112 cm³/mol. The van der Waals surface area contributed by atoms with Crippen molar-refractivity contribution in [2.75, 3.05) is 7.11 Å². The van der Waals surface area contributed by atoms with E-state index in [0.29, 0.717) is 11.3 Å². The Morgan fingerprint density at radius 3 is 2.40 bits per heavy atom. The van der Waals surface area contributed by atoms with Crippen molar-refractivity contribution in [1.82, 2.24) is 4.98 Å². The molecule has 0 radical (unpaired) electrons. The third kappa shape index (κ3) is 4.62. The molecule has 1 aromatic carbocycles. The van der Waals surface area contributed by atoms with Gasteiger partial charge in [-0.1, -0.05) is 43.9 Å². The van der Waals surface area contributed by atoms with E-state index in [1.165, 1.54) is 30.3 Å². The van der Waals surface area contributed by atoms with E-state index in [0.717, 1.165) is 7.11 Å². The van der Waals surface area contributed by atoms with Gasteiger partial charge in [-0.2, -0.15) is 0 Å². The van der Waals surface area contributed by atoms with Crippen LogP contribution in [0.1, 0.15) is 30.8 Å². The van der Waals surface area contributed by atoms with E-state index in [4.69, 9.17) is 4.52 Å². The molecule has 3 unspecified atom stereocenters. The minimum Gasteiger partial charge on any atom is -0.480 e. The minimum atomic E-state index is -3.45. The molecule has 0 amide bonds. The number of halogens is 1. The summed E-state index contributed by atoms with van der Waals surface area (Å²) in [4.78, 5) is 16.9. The summed E-state index contributed by atoms with van der Waals surface area (Å²) in [6.45, 7) is 5.17. The van der Waals surface area contributed by atoms with Gasteiger partial charge < -0.3 is 14.7 Å². The fourth-order valence-electron chi connectivity index (χ4n) is 3.13. The summed E-state index contributed by atoms with van der Waals surface area (Å²) in [7, 11) is -2.34. The maximum atomic E-state index is 13.4. The number of rotatable bonds is 7. The van der Waals surface area contributed by atoms with E-state index in [9.17, 15) is 24.0 Å². The molecule has 1 aromatic heterocycles. The molecule has 8 heteroatoms. The maximum absolute atomic E-state index is 13.4. The van der Waals surface area contributed by atoms with Gasteiger partial charge in [0, 0.05) is 25.1 Å². The first kappa shape index (κ1) is 23.8. The Balaban J connectivity index is 2.88. The second-order valence-corrected chi connectivity index (χ2v) is 9.03. The molecular formula is C22H25FNO5P. The molecule has 3 atom stereocenters. The van der Waals surface area contributed by atoms with Crippen LogP contribution < -0.4 is 0 Å². The summed E-state index contributed by atoms with van der Waals surface area (Å²) in [5.74, 6) is 2.98. The van der Waals surface area contributed by atoms with Crippen LogP contribution in [0.3, 0.4) is 0 Å². The number of carboxylic acid groups (broad SMARTS) is 1. The van der Waals surface area contributed by atoms with Crippen molar-refractivity contribution in [3.63, 3.8) is 0 Å². The Labute approximate surface area is 176 Å². The largest absolute Gasteiger partial charge is 0.480 e. The van der Waals surface area contributed by atoms with Crippen LogP contribution in [0.5, 0.6) is 0 Å². The van der Waals surface area contributed by atoms with Crippen LogP contribution in [-0.2, 0) is 25.9 Å². The highest BCUT2D eigenvalue weighted by Gasteiger charge is 2.62. The van der Waals surface area contributed by atoms with Crippen LogP contribution in [0.4, 0.5) is 4.39 Å². The molecule has 2 rings (SSSR count). The third-order valence-corrected chi connectivity index (χ3v) is 6.40. The summed E-state index contributed by atoms with van der Waals surface area (Å²) in [6.07, 6.45) is -0.317. The van der Waals surface area contributed by atoms with E-state index in [1.54, 1.807) is 32.9 Å². The molecule has 0 aliphatic carbocycles. The Bertz CT molecular complexity index is 999. The van der Waals surface area contributed by atoms with Crippen LogP contribution in [0.15, 0.2) is 42.5 Å². The number of carbonyl (C=O) groups is 1. The quantitative estimate of drug-likeness (QED) is 0.512. The van der Waals surface area contributed by atoms with Crippen molar-refractivity contribution >= 4 is 14.0 Å². The maximum Gasteiger partial charge on any atom is 0.335 e. The predicted octanol–water partition coefficient (Wildman–Crippen LogP) is 3.56. The van der Waals surface area contributed by atoms with Gasteiger partial charge in [0.05, 0.1) is 5.69 Å². The summed E-state index contributed by atoms with van der Waals surface area (Å²) in [5, 5.41) is 19.7. The van der Waals surface area contributed by atoms with Gasteiger partial charge in [0.1, 0.15) is 11.4 Å². The second kappa shape index (κ2) is 9.53. The lowest BCUT2D eigenvalue weighted by Gasteiger charge is -2.39. The first-order valence-corrected chi connectivity index (χ1v) is 10.6. The van der Waals surface area contributed by atoms with Gasteiger partial charge >= 0.3 is 5.97 Å². The average molecular weight is 433 g/mol. The van der Waals surface area contributed by atoms with Gasteiger partial charge in [-0.15, -0.1) is 0 Å². The molecule has 2 N–H and O–H groups in total. The highest BCUT2D eigenvalue weighted by Crippen LogP contribution is 2.52. The van der Waals surface area contributed by atoms with E-state index in [-0.39, 0.29) is 18.0 Å². The Morgan fingerprint density at radius 1 is 1.27 bits per heavy atom. The van der Waals surface area contributed by atoms with Crippen LogP contribution in [0, 0.1) is 30.5 Å². The molecule has 0 fully saturated rings. The zero-order valence-electron chi connectivity index (χ0n) is 17.3. The van der Waals surface area contributed by atoms with E-state index in [1.807, 2.05) is 0 Å². The Kier molecular flexibility index (Phi) is 7.54. The Morgan fingerprint density at radius 2 is 1.90 bits per heavy atom. The Hall–Kier alpha value is -2.52. The number of carboxylic acids is 1. The minimum absolute atomic E-state index is 0.0114. The molecule has 1 heterocycles. The number of aliphatic carboxylic acids is 1. The molecule has 2 aromatic rings. The number of aryl methyl sites for hydroxylation is 1. The number of hydrogen-bond donors (Lipinski definition) is 2. The highest BCUT2D eigenvalue weighted by atomic mass is 31.1. The number of nitrogens with zero attached hydrogens (tertiary/aromatic N) is 1. The zero-order valence-corrected chi connectivity index (χ0v) is 18.3. The van der Waals surface area contributed by atoms with Gasteiger partial charge in [0.25, 0.3) is 0 Å². The molecule has 6 nitrogen and oxygen atoms in total. The molecule has 0 aliphatic heterocycles. The lowest BCUT2D eigenvalue weighted by molar-refractivity contribution is -0.146. The van der Waals surface area contributed by atoms with Crippen molar-refractivity contribution in [2.24, 2.45) is 5.92 Å². The average Bonchev–Trinajstić information content (AvgIpc) is 2.69. The lowest BCUT2D eigenvalue weighted by atomic mass is 9.78. The van der Waals surface area contributed by atoms with Crippen LogP contribution in [0.2, 0.25) is 0 Å². The molecule has 30 heavy (non-hydrogen) atoms. The standard InChI is InChI=1S/C22H25FNO5P/c1-15(2)12-13-22(20(25)26,30(28)29-4)21(27,19-7-5-6-16(3)24-19)14-17-8-10-18(23)11-9-17/h5-11,15,27,30H,14H2,1-4H3,(H,25,26). The van der Waals surface area contributed by atoms with Gasteiger partial charge in [-0.3, -0.25) is 9.55 Å². The van der Waals surface area contributed by atoms with Crippen molar-refractivity contribution in [1.29, 1.82) is 0 Å². The molecule has 0 saturated heterocycles. The van der Waals surface area contributed by atoms with E-state index in [2.05, 4.69) is 16.8 Å². The summed E-state index contributed by atoms with van der Waals surface area (Å²) in [6, 6.07) is 9.98. The second-order valence-electron chi connectivity index (χ2n) is 7.30. The van der Waals surface area contributed by atoms with Crippen LogP contribution in [0.25, 0.3) is 0 Å². The third-order valence-electron chi connectivity index (χ3n) is 4.67. The van der Waals surface area contributed by atoms with E-state index >= 15 is 0 Å². The topological polar surface area (TPSA) is 96.7 Å². The van der Waals surface area contributed by atoms with Crippen molar-refractivity contribution in [2.45, 2.75) is 37.9 Å². The molecule has 160 valence electrons. The highest BCUT2D eigenvalue weighted by molar-refractivity contribution is 7.43. The van der Waals surface area contributed by atoms with Crippen LogP contribution >= 0.6 is 8.03 Å². The molecule has 0 bridgehead atoms. The number of benzene rings is 1. The summed E-state index contributed by atoms with van der Waals surface area (Å²) in [5.41, 5.74) is -1.39. The first-order valence-electron chi connectivity index (χ1n) is 9.32. The van der Waals surface area contributed by atoms with Gasteiger partial charge in [-0.25, -0.2) is 9.18 Å². The van der Waals surface area contributed by atoms with Crippen LogP contribution in [-0.4, -0.2) is 33.4 Å². The van der Waals surface area contributed by atoms with Crippen molar-refractivity contribution in [3.05, 3.63) is 65.2 Å². The zero-order chi connectivity index (χ0) is 22.5. The number of aromatic nitrogens is 1. The van der Waals surface area contributed by atoms with Gasteiger partial charge in [-0.05, 0) is 36.8 Å². The lowest BCUT2D eigenvalue weighted by Crippen LogP contribution is -2.56. The van der Waals surface area contributed by atoms with Crippen molar-refractivity contribution in [3.8, 4) is 11.8 Å². The first-order chi connectivity index (χ1) is 14.1. The summed E-state index contributed by atoms with van der Waals surface area (Å²) < 4.78 is 31.4. The smallest absolute Gasteiger partial charge is 0.335 e. The summed E-state index contributed by atoms with van der Waals surface area (Å²) >= 11 is 0. The fraction of sp³-hybridized carbons (Fsp3) is 0.364. The number of hydrogen-bond acceptors (Lipinski definition) is 5. The number of pyridine rings is 1. The van der Waals surface area contributed by atoms with Crippen molar-refractivity contribution < 1.29 is 28.5 Å². The molecule has 0 spiro atoms. The SMILES string of the molecule is CO[PH](=O)C(C#CC(C)C)(C(=O)O)C(O)(Cc1ccc(F)cc1)c1cccc(C)n1. The number of aliphatic hydroxyl groups is 1. The van der Waals surface area contributed by atoms with Gasteiger partial charge in [0.2, 0.25) is 13.2 Å². The normalized spacial score (nSPS) is 16.1. The fourth-order valence-corrected chi connectivity index (χ4v) is 4.34.